The van der Waals surface area contributed by atoms with E-state index < -0.39 is 0 Å². The lowest BCUT2D eigenvalue weighted by Gasteiger charge is -2.52. The molecule has 126 valence electrons. The van der Waals surface area contributed by atoms with Gasteiger partial charge < -0.3 is 4.90 Å². The minimum atomic E-state index is -0.236. The van der Waals surface area contributed by atoms with Crippen LogP contribution in [-0.2, 0) is 10.2 Å². The van der Waals surface area contributed by atoms with Crippen LogP contribution in [0.3, 0.4) is 0 Å². The van der Waals surface area contributed by atoms with Crippen molar-refractivity contribution in [1.82, 2.24) is 0 Å². The van der Waals surface area contributed by atoms with Gasteiger partial charge in [0.05, 0.1) is 0 Å². The molecule has 0 bridgehead atoms. The van der Waals surface area contributed by atoms with E-state index in [1.165, 1.54) is 11.1 Å². The molecule has 2 aromatic rings. The molecule has 1 atom stereocenters. The molecule has 0 unspecified atom stereocenters. The zero-order chi connectivity index (χ0) is 17.5. The minimum absolute atomic E-state index is 0.0154. The average molecular weight is 321 g/mol. The van der Waals surface area contributed by atoms with Crippen LogP contribution in [0, 0.1) is 5.92 Å². The Labute approximate surface area is 145 Å². The van der Waals surface area contributed by atoms with Crippen LogP contribution in [0.4, 0.5) is 5.69 Å². The standard InChI is InChI=1S/C22H27NO/c1-16(2)20(24)23-19-14-10-9-13-18(19)22(5,15-21(23,3)4)17-11-7-6-8-12-17/h6-14,16H,15H2,1-5H3/t22-/m1/s1. The Morgan fingerprint density at radius 1 is 0.958 bits per heavy atom. The molecule has 0 saturated heterocycles. The molecule has 0 spiro atoms. The normalized spacial score (nSPS) is 22.3. The van der Waals surface area contributed by atoms with Crippen molar-refractivity contribution in [3.8, 4) is 0 Å². The highest BCUT2D eigenvalue weighted by atomic mass is 16.2. The Morgan fingerprint density at radius 2 is 1.54 bits per heavy atom. The minimum Gasteiger partial charge on any atom is -0.306 e. The number of rotatable bonds is 2. The van der Waals surface area contributed by atoms with Gasteiger partial charge in [-0.25, -0.2) is 0 Å². The number of fused-ring (bicyclic) bond motifs is 1. The summed E-state index contributed by atoms with van der Waals surface area (Å²) in [6.45, 7) is 10.6. The summed E-state index contributed by atoms with van der Waals surface area (Å²) in [5, 5.41) is 0. The quantitative estimate of drug-likeness (QED) is 0.748. The fourth-order valence-electron chi connectivity index (χ4n) is 4.24. The second kappa shape index (κ2) is 5.77. The van der Waals surface area contributed by atoms with Crippen molar-refractivity contribution < 1.29 is 4.79 Å². The maximum Gasteiger partial charge on any atom is 0.230 e. The van der Waals surface area contributed by atoms with E-state index in [1.807, 2.05) is 24.8 Å². The molecule has 3 rings (SSSR count). The molecule has 0 fully saturated rings. The Hall–Kier alpha value is -2.09. The first-order valence-corrected chi connectivity index (χ1v) is 8.76. The number of para-hydroxylation sites is 1. The summed E-state index contributed by atoms with van der Waals surface area (Å²) in [5.74, 6) is 0.181. The molecule has 0 N–H and O–H groups in total. The van der Waals surface area contributed by atoms with Crippen molar-refractivity contribution in [2.24, 2.45) is 5.92 Å². The first kappa shape index (κ1) is 16.8. The molecular formula is C22H27NO. The average Bonchev–Trinajstić information content (AvgIpc) is 2.54. The van der Waals surface area contributed by atoms with Gasteiger partial charge in [-0.3, -0.25) is 4.79 Å². The van der Waals surface area contributed by atoms with E-state index in [2.05, 4.69) is 69.3 Å². The van der Waals surface area contributed by atoms with Gasteiger partial charge in [-0.05, 0) is 37.5 Å². The number of nitrogens with zero attached hydrogens (tertiary/aromatic N) is 1. The van der Waals surface area contributed by atoms with Gasteiger partial charge in [-0.15, -0.1) is 0 Å². The van der Waals surface area contributed by atoms with E-state index in [1.54, 1.807) is 0 Å². The Bertz CT molecular complexity index is 748. The third-order valence-electron chi connectivity index (χ3n) is 5.26. The van der Waals surface area contributed by atoms with E-state index >= 15 is 0 Å². The first-order chi connectivity index (χ1) is 11.3. The fraction of sp³-hybridized carbons (Fsp3) is 0.409. The first-order valence-electron chi connectivity index (χ1n) is 8.76. The van der Waals surface area contributed by atoms with E-state index in [-0.39, 0.29) is 22.8 Å². The predicted molar refractivity (Wildman–Crippen MR) is 100 cm³/mol. The van der Waals surface area contributed by atoms with Crippen molar-refractivity contribution >= 4 is 11.6 Å². The second-order valence-corrected chi connectivity index (χ2v) is 8.03. The van der Waals surface area contributed by atoms with Crippen LogP contribution < -0.4 is 4.90 Å². The summed E-state index contributed by atoms with van der Waals surface area (Å²) >= 11 is 0. The molecule has 1 aliphatic rings. The van der Waals surface area contributed by atoms with Gasteiger partial charge >= 0.3 is 0 Å². The number of carbonyl (C=O) groups excluding carboxylic acids is 1. The summed E-state index contributed by atoms with van der Waals surface area (Å²) in [5.41, 5.74) is 3.26. The van der Waals surface area contributed by atoms with Gasteiger partial charge in [-0.1, -0.05) is 69.3 Å². The lowest BCUT2D eigenvalue weighted by Crippen LogP contribution is -2.56. The SMILES string of the molecule is CC(C)C(=O)N1c2ccccc2[C@@](C)(c2ccccc2)CC1(C)C. The summed E-state index contributed by atoms with van der Waals surface area (Å²) in [7, 11) is 0. The van der Waals surface area contributed by atoms with E-state index in [0.717, 1.165) is 12.1 Å². The molecule has 2 heteroatoms. The van der Waals surface area contributed by atoms with Crippen LogP contribution >= 0.6 is 0 Å². The Morgan fingerprint density at radius 3 is 2.17 bits per heavy atom. The Balaban J connectivity index is 2.23. The van der Waals surface area contributed by atoms with Crippen LogP contribution in [-0.4, -0.2) is 11.4 Å². The molecule has 0 radical (unpaired) electrons. The van der Waals surface area contributed by atoms with E-state index in [0.29, 0.717) is 0 Å². The van der Waals surface area contributed by atoms with Gasteiger partial charge in [0.1, 0.15) is 0 Å². The molecule has 2 nitrogen and oxygen atoms in total. The van der Waals surface area contributed by atoms with Crippen LogP contribution in [0.15, 0.2) is 54.6 Å². The highest BCUT2D eigenvalue weighted by molar-refractivity contribution is 5.97. The van der Waals surface area contributed by atoms with Crippen LogP contribution in [0.1, 0.15) is 52.2 Å². The monoisotopic (exact) mass is 321 g/mol. The molecule has 1 aliphatic heterocycles. The molecule has 0 aliphatic carbocycles. The zero-order valence-electron chi connectivity index (χ0n) is 15.3. The highest BCUT2D eigenvalue weighted by Gasteiger charge is 2.47. The molecule has 24 heavy (non-hydrogen) atoms. The third-order valence-corrected chi connectivity index (χ3v) is 5.26. The van der Waals surface area contributed by atoms with Crippen molar-refractivity contribution in [1.29, 1.82) is 0 Å². The highest BCUT2D eigenvalue weighted by Crippen LogP contribution is 2.50. The van der Waals surface area contributed by atoms with Crippen molar-refractivity contribution in [3.05, 3.63) is 65.7 Å². The second-order valence-electron chi connectivity index (χ2n) is 8.03. The van der Waals surface area contributed by atoms with Crippen molar-refractivity contribution in [3.63, 3.8) is 0 Å². The maximum atomic E-state index is 12.9. The van der Waals surface area contributed by atoms with Gasteiger partial charge in [0.25, 0.3) is 0 Å². The zero-order valence-corrected chi connectivity index (χ0v) is 15.3. The lowest BCUT2D eigenvalue weighted by molar-refractivity contribution is -0.122. The van der Waals surface area contributed by atoms with Crippen LogP contribution in [0.5, 0.6) is 0 Å². The summed E-state index contributed by atoms with van der Waals surface area (Å²) < 4.78 is 0. The molecule has 0 aromatic heterocycles. The van der Waals surface area contributed by atoms with Gasteiger partial charge in [0.2, 0.25) is 5.91 Å². The number of carbonyl (C=O) groups is 1. The number of benzene rings is 2. The van der Waals surface area contributed by atoms with Crippen LogP contribution in [0.25, 0.3) is 0 Å². The molecular weight excluding hydrogens is 294 g/mol. The summed E-state index contributed by atoms with van der Waals surface area (Å²) in [6, 6.07) is 19.0. The Kier molecular flexibility index (Phi) is 4.03. The maximum absolute atomic E-state index is 12.9. The van der Waals surface area contributed by atoms with Crippen molar-refractivity contribution in [2.75, 3.05) is 4.90 Å². The van der Waals surface area contributed by atoms with Gasteiger partial charge in [0, 0.05) is 22.6 Å². The molecule has 1 amide bonds. The van der Waals surface area contributed by atoms with Crippen molar-refractivity contribution in [2.45, 2.75) is 52.0 Å². The van der Waals surface area contributed by atoms with E-state index in [4.69, 9.17) is 0 Å². The van der Waals surface area contributed by atoms with Crippen LogP contribution in [0.2, 0.25) is 0 Å². The van der Waals surface area contributed by atoms with E-state index in [9.17, 15) is 4.79 Å². The molecule has 0 saturated carbocycles. The molecule has 1 heterocycles. The number of amides is 1. The summed E-state index contributed by atoms with van der Waals surface area (Å²) in [6.07, 6.45) is 0.902. The number of hydrogen-bond donors (Lipinski definition) is 0. The summed E-state index contributed by atoms with van der Waals surface area (Å²) in [4.78, 5) is 15.0. The third kappa shape index (κ3) is 2.54. The lowest BCUT2D eigenvalue weighted by atomic mass is 9.65. The predicted octanol–water partition coefficient (Wildman–Crippen LogP) is 5.16. The topological polar surface area (TPSA) is 20.3 Å². The fourth-order valence-corrected chi connectivity index (χ4v) is 4.24. The largest absolute Gasteiger partial charge is 0.306 e. The smallest absolute Gasteiger partial charge is 0.230 e. The van der Waals surface area contributed by atoms with Gasteiger partial charge in [0.15, 0.2) is 0 Å². The number of hydrogen-bond acceptors (Lipinski definition) is 1. The number of anilines is 1. The molecule has 2 aromatic carbocycles. The van der Waals surface area contributed by atoms with Gasteiger partial charge in [-0.2, -0.15) is 0 Å².